The van der Waals surface area contributed by atoms with E-state index in [1.54, 1.807) is 4.68 Å². The zero-order valence-electron chi connectivity index (χ0n) is 17.1. The van der Waals surface area contributed by atoms with Crippen LogP contribution in [0.15, 0.2) is 24.3 Å². The van der Waals surface area contributed by atoms with Crippen molar-refractivity contribution >= 4 is 5.91 Å². The molecule has 0 spiro atoms. The molecule has 2 heterocycles. The first kappa shape index (κ1) is 18.4. The maximum atomic E-state index is 13.4. The molecular formula is C21H26N6O. The number of hydrogen-bond donors (Lipinski definition) is 0. The van der Waals surface area contributed by atoms with Crippen molar-refractivity contribution in [3.8, 4) is 11.4 Å². The minimum atomic E-state index is 0.0552. The average molecular weight is 378 g/mol. The van der Waals surface area contributed by atoms with Crippen LogP contribution in [0.3, 0.4) is 0 Å². The highest BCUT2D eigenvalue weighted by Gasteiger charge is 2.34. The van der Waals surface area contributed by atoms with E-state index in [1.807, 2.05) is 61.8 Å². The maximum Gasteiger partial charge on any atom is 0.254 e. The first-order valence-electron chi connectivity index (χ1n) is 9.63. The number of hydrogen-bond acceptors (Lipinski definition) is 4. The topological polar surface area (TPSA) is 68.8 Å². The maximum absolute atomic E-state index is 13.4. The molecule has 1 fully saturated rings. The van der Waals surface area contributed by atoms with Gasteiger partial charge >= 0.3 is 0 Å². The first-order chi connectivity index (χ1) is 13.3. The highest BCUT2D eigenvalue weighted by Crippen LogP contribution is 2.31. The minimum Gasteiger partial charge on any atom is -0.331 e. The smallest absolute Gasteiger partial charge is 0.254 e. The molecule has 1 aliphatic carbocycles. The third-order valence-electron chi connectivity index (χ3n) is 5.58. The Bertz CT molecular complexity index is 1020. The third-order valence-corrected chi connectivity index (χ3v) is 5.58. The van der Waals surface area contributed by atoms with E-state index in [1.165, 1.54) is 0 Å². The van der Waals surface area contributed by atoms with Crippen molar-refractivity contribution in [3.63, 3.8) is 0 Å². The van der Waals surface area contributed by atoms with Gasteiger partial charge in [0.1, 0.15) is 5.82 Å². The summed E-state index contributed by atoms with van der Waals surface area (Å²) in [6.45, 7) is 6.58. The van der Waals surface area contributed by atoms with Crippen LogP contribution >= 0.6 is 0 Å². The Labute approximate surface area is 165 Å². The van der Waals surface area contributed by atoms with Crippen LogP contribution in [-0.2, 0) is 20.6 Å². The van der Waals surface area contributed by atoms with Crippen LogP contribution in [-0.4, -0.2) is 41.4 Å². The number of aromatic nitrogens is 5. The Hall–Kier alpha value is -2.96. The monoisotopic (exact) mass is 378 g/mol. The van der Waals surface area contributed by atoms with Crippen LogP contribution in [0.1, 0.15) is 46.0 Å². The lowest BCUT2D eigenvalue weighted by molar-refractivity contribution is 0.0729. The zero-order valence-corrected chi connectivity index (χ0v) is 17.1. The average Bonchev–Trinajstić information content (AvgIpc) is 3.41. The van der Waals surface area contributed by atoms with E-state index in [9.17, 15) is 4.79 Å². The van der Waals surface area contributed by atoms with E-state index in [0.717, 1.165) is 41.2 Å². The molecule has 0 unspecified atom stereocenters. The highest BCUT2D eigenvalue weighted by molar-refractivity contribution is 5.95. The minimum absolute atomic E-state index is 0.0552. The second-order valence-electron chi connectivity index (χ2n) is 7.62. The summed E-state index contributed by atoms with van der Waals surface area (Å²) >= 11 is 0. The summed E-state index contributed by atoms with van der Waals surface area (Å²) in [5.41, 5.74) is 4.77. The molecule has 1 saturated carbocycles. The van der Waals surface area contributed by atoms with Gasteiger partial charge in [0.15, 0.2) is 5.82 Å². The molecule has 1 aliphatic rings. The standard InChI is InChI=1S/C21H26N6O/c1-13-19(14(2)25(4)23-13)12-27(18-9-10-18)21(28)17-8-6-7-16(11-17)20-22-15(3)26(5)24-20/h6-8,11,18H,9-10,12H2,1-5H3. The van der Waals surface area contributed by atoms with Gasteiger partial charge in [-0.3, -0.25) is 14.2 Å². The van der Waals surface area contributed by atoms with Crippen molar-refractivity contribution in [2.75, 3.05) is 0 Å². The Balaban J connectivity index is 1.64. The first-order valence-corrected chi connectivity index (χ1v) is 9.63. The van der Waals surface area contributed by atoms with Crippen molar-refractivity contribution in [1.29, 1.82) is 0 Å². The molecule has 7 heteroatoms. The van der Waals surface area contributed by atoms with E-state index in [4.69, 9.17) is 0 Å². The number of carbonyl (C=O) groups is 1. The fourth-order valence-corrected chi connectivity index (χ4v) is 3.51. The molecule has 3 aromatic rings. The van der Waals surface area contributed by atoms with E-state index in [0.29, 0.717) is 24.0 Å². The van der Waals surface area contributed by atoms with Gasteiger partial charge < -0.3 is 4.90 Å². The van der Waals surface area contributed by atoms with Gasteiger partial charge in [-0.1, -0.05) is 12.1 Å². The molecule has 1 aromatic carbocycles. The Morgan fingerprint density at radius 2 is 1.89 bits per heavy atom. The van der Waals surface area contributed by atoms with Gasteiger partial charge in [0.2, 0.25) is 0 Å². The summed E-state index contributed by atoms with van der Waals surface area (Å²) in [6, 6.07) is 7.93. The summed E-state index contributed by atoms with van der Waals surface area (Å²) in [5.74, 6) is 1.54. The van der Waals surface area contributed by atoms with Gasteiger partial charge in [0.05, 0.1) is 5.69 Å². The summed E-state index contributed by atoms with van der Waals surface area (Å²) in [6.07, 6.45) is 2.12. The van der Waals surface area contributed by atoms with Gasteiger partial charge in [-0.15, -0.1) is 0 Å². The predicted octanol–water partition coefficient (Wildman–Crippen LogP) is 2.95. The van der Waals surface area contributed by atoms with E-state index in [-0.39, 0.29) is 5.91 Å². The fraction of sp³-hybridized carbons (Fsp3) is 0.429. The van der Waals surface area contributed by atoms with Crippen LogP contribution in [0, 0.1) is 20.8 Å². The molecule has 0 radical (unpaired) electrons. The number of aryl methyl sites for hydroxylation is 4. The third kappa shape index (κ3) is 3.32. The fourth-order valence-electron chi connectivity index (χ4n) is 3.51. The molecular weight excluding hydrogens is 352 g/mol. The van der Waals surface area contributed by atoms with Crippen LogP contribution in [0.5, 0.6) is 0 Å². The van der Waals surface area contributed by atoms with Gasteiger partial charge in [0.25, 0.3) is 5.91 Å². The summed E-state index contributed by atoms with van der Waals surface area (Å²) < 4.78 is 3.63. The molecule has 0 N–H and O–H groups in total. The molecule has 0 aliphatic heterocycles. The largest absolute Gasteiger partial charge is 0.331 e. The number of nitrogens with zero attached hydrogens (tertiary/aromatic N) is 6. The molecule has 0 saturated heterocycles. The van der Waals surface area contributed by atoms with Crippen molar-refractivity contribution in [1.82, 2.24) is 29.4 Å². The van der Waals surface area contributed by atoms with Crippen LogP contribution < -0.4 is 0 Å². The molecule has 0 atom stereocenters. The van der Waals surface area contributed by atoms with Crippen molar-refractivity contribution in [2.24, 2.45) is 14.1 Å². The number of benzene rings is 1. The van der Waals surface area contributed by atoms with Crippen LogP contribution in [0.4, 0.5) is 0 Å². The second kappa shape index (κ2) is 6.89. The number of amides is 1. The van der Waals surface area contributed by atoms with Gasteiger partial charge in [0, 0.05) is 49.1 Å². The lowest BCUT2D eigenvalue weighted by Crippen LogP contribution is -2.33. The number of carbonyl (C=O) groups excluding carboxylic acids is 1. The van der Waals surface area contributed by atoms with Gasteiger partial charge in [-0.25, -0.2) is 4.98 Å². The van der Waals surface area contributed by atoms with Crippen molar-refractivity contribution < 1.29 is 4.79 Å². The Morgan fingerprint density at radius 1 is 1.14 bits per heavy atom. The van der Waals surface area contributed by atoms with Gasteiger partial charge in [-0.05, 0) is 45.7 Å². The predicted molar refractivity (Wildman–Crippen MR) is 107 cm³/mol. The molecule has 1 amide bonds. The Kier molecular flexibility index (Phi) is 4.53. The normalized spacial score (nSPS) is 13.8. The van der Waals surface area contributed by atoms with E-state index < -0.39 is 0 Å². The van der Waals surface area contributed by atoms with Crippen LogP contribution in [0.2, 0.25) is 0 Å². The zero-order chi connectivity index (χ0) is 20.0. The molecule has 4 rings (SSSR count). The summed E-state index contributed by atoms with van der Waals surface area (Å²) in [7, 11) is 3.81. The SMILES string of the molecule is Cc1nn(C)c(C)c1CN(C(=O)c1cccc(-c2nc(C)n(C)n2)c1)C1CC1. The summed E-state index contributed by atoms with van der Waals surface area (Å²) in [5, 5.41) is 8.94. The molecule has 7 nitrogen and oxygen atoms in total. The second-order valence-corrected chi connectivity index (χ2v) is 7.62. The number of rotatable bonds is 5. The lowest BCUT2D eigenvalue weighted by atomic mass is 10.1. The quantitative estimate of drug-likeness (QED) is 0.684. The van der Waals surface area contributed by atoms with Gasteiger partial charge in [-0.2, -0.15) is 10.2 Å². The van der Waals surface area contributed by atoms with Crippen LogP contribution in [0.25, 0.3) is 11.4 Å². The van der Waals surface area contributed by atoms with E-state index in [2.05, 4.69) is 22.1 Å². The summed E-state index contributed by atoms with van der Waals surface area (Å²) in [4.78, 5) is 19.8. The molecule has 2 aromatic heterocycles. The Morgan fingerprint density at radius 3 is 2.46 bits per heavy atom. The van der Waals surface area contributed by atoms with Crippen molar-refractivity contribution in [3.05, 3.63) is 52.6 Å². The molecule has 28 heavy (non-hydrogen) atoms. The van der Waals surface area contributed by atoms with Crippen molar-refractivity contribution in [2.45, 2.75) is 46.2 Å². The molecule has 0 bridgehead atoms. The molecule has 146 valence electrons. The van der Waals surface area contributed by atoms with E-state index >= 15 is 0 Å². The lowest BCUT2D eigenvalue weighted by Gasteiger charge is -2.23. The highest BCUT2D eigenvalue weighted by atomic mass is 16.2.